The molecule has 2 atom stereocenters. The fraction of sp³-hybridized carbons (Fsp3) is 0.783. The Morgan fingerprint density at radius 1 is 1.03 bits per heavy atom. The quantitative estimate of drug-likeness (QED) is 0.123. The number of aliphatic hydroxyl groups is 1. The second-order valence-electron chi connectivity index (χ2n) is 8.93. The summed E-state index contributed by atoms with van der Waals surface area (Å²) in [5.41, 5.74) is 3.36. The summed E-state index contributed by atoms with van der Waals surface area (Å²) in [4.78, 5) is 11.2. The Morgan fingerprint density at radius 2 is 1.41 bits per heavy atom. The molecule has 0 aromatic carbocycles. The maximum Gasteiger partial charge on any atom is 1.00 e. The summed E-state index contributed by atoms with van der Waals surface area (Å²) in [6, 6.07) is 0. The Hall–Kier alpha value is 1.84. The van der Waals surface area contributed by atoms with E-state index in [9.17, 15) is 0 Å². The van der Waals surface area contributed by atoms with E-state index in [2.05, 4.69) is 41.9 Å². The molecule has 0 aromatic heterocycles. The number of hydrogen-bond acceptors (Lipinski definition) is 8. The van der Waals surface area contributed by atoms with E-state index in [0.717, 1.165) is 32.8 Å². The molecule has 0 saturated carbocycles. The van der Waals surface area contributed by atoms with Gasteiger partial charge in [0.25, 0.3) is 6.47 Å². The van der Waals surface area contributed by atoms with Crippen LogP contribution in [0.4, 0.5) is 0 Å². The number of terminal acetylenes is 1. The third-order valence-electron chi connectivity index (χ3n) is 3.84. The predicted octanol–water partition coefficient (Wildman–Crippen LogP) is -3.49. The molecule has 1 N–H and O–H groups in total. The summed E-state index contributed by atoms with van der Waals surface area (Å²) in [5, 5.41) is 15.4. The molecule has 188 valence electrons. The third kappa shape index (κ3) is 26.9. The number of carbonyl (C=O) groups is 1. The average molecular weight is 553 g/mol. The molecule has 2 rings (SSSR count). The van der Waals surface area contributed by atoms with Crippen LogP contribution in [0.2, 0.25) is 19.6 Å². The first-order valence-corrected chi connectivity index (χ1v) is 14.1. The second-order valence-corrected chi connectivity index (χ2v) is 13.7. The number of carbonyl (C=O) groups excluding carboxylic acids is 1. The van der Waals surface area contributed by atoms with E-state index in [1.165, 1.54) is 0 Å². The first-order chi connectivity index (χ1) is 14.8. The predicted molar refractivity (Wildman–Crippen MR) is 125 cm³/mol. The summed E-state index contributed by atoms with van der Waals surface area (Å²) < 4.78 is 22.1. The minimum absolute atomic E-state index is 0. The van der Waals surface area contributed by atoms with Gasteiger partial charge in [0.1, 0.15) is 8.07 Å². The van der Waals surface area contributed by atoms with Crippen molar-refractivity contribution in [2.24, 2.45) is 0 Å². The van der Waals surface area contributed by atoms with Crippen molar-refractivity contribution in [3.63, 3.8) is 0 Å². The van der Waals surface area contributed by atoms with Gasteiger partial charge in [-0.2, -0.15) is 0 Å². The largest absolute Gasteiger partial charge is 1.00 e. The molecular formula is C23H42K2O8Si. The van der Waals surface area contributed by atoms with Crippen LogP contribution in [0.3, 0.4) is 0 Å². The standard InChI is InChI=1S/C12H22O2Si.C9H14O2.CH2O3.CH4O.2K.H/c1-12(2)13-10-11(14-12)8-6-7-9-15(3,4)5;1-4-5-6-8-7-10-9(2,3)11-8;2-1-4-3;1-2;;;/h11H,6,8,10H2,1-5H3;1,8H,5-7H2,2-3H3;1,3H;2H,1H3;;;/q;;;;2*+1;-1/p-1. The van der Waals surface area contributed by atoms with E-state index < -0.39 is 19.6 Å². The maximum absolute atomic E-state index is 8.64. The topological polar surface area (TPSA) is 107 Å². The molecule has 0 aliphatic carbocycles. The smallest absolute Gasteiger partial charge is 1.00 e. The number of rotatable bonds is 5. The average Bonchev–Trinajstić information content (AvgIpc) is 3.25. The zero-order chi connectivity index (χ0) is 25.3. The van der Waals surface area contributed by atoms with E-state index in [4.69, 9.17) is 40.5 Å². The van der Waals surface area contributed by atoms with Crippen molar-refractivity contribution in [2.75, 3.05) is 20.3 Å². The molecule has 2 unspecified atom stereocenters. The summed E-state index contributed by atoms with van der Waals surface area (Å²) in [7, 11) is -0.195. The first kappa shape index (κ1) is 42.9. The third-order valence-corrected chi connectivity index (χ3v) is 4.77. The fourth-order valence-electron chi connectivity index (χ4n) is 2.62. The van der Waals surface area contributed by atoms with Crippen LogP contribution in [-0.4, -0.2) is 63.8 Å². The molecule has 11 heteroatoms. The normalized spacial score (nSPS) is 20.9. The van der Waals surface area contributed by atoms with Crippen LogP contribution in [-0.2, 0) is 28.6 Å². The van der Waals surface area contributed by atoms with Gasteiger partial charge in [-0.25, -0.2) is 0 Å². The molecular weight excluding hydrogens is 511 g/mol. The molecule has 2 heterocycles. The summed E-state index contributed by atoms with van der Waals surface area (Å²) in [6.07, 6.45) is 9.14. The first-order valence-electron chi connectivity index (χ1n) is 10.6. The van der Waals surface area contributed by atoms with Crippen LogP contribution >= 0.6 is 0 Å². The number of hydrogen-bond donors (Lipinski definition) is 1. The van der Waals surface area contributed by atoms with Crippen molar-refractivity contribution >= 4 is 14.5 Å². The van der Waals surface area contributed by atoms with Gasteiger partial charge in [0.05, 0.1) is 25.4 Å². The van der Waals surface area contributed by atoms with Crippen LogP contribution in [0.1, 0.15) is 54.8 Å². The van der Waals surface area contributed by atoms with Gasteiger partial charge in [-0.05, 0) is 40.5 Å². The van der Waals surface area contributed by atoms with E-state index in [1.807, 2.05) is 27.7 Å². The van der Waals surface area contributed by atoms with Gasteiger partial charge in [0.2, 0.25) is 0 Å². The van der Waals surface area contributed by atoms with Crippen molar-refractivity contribution in [3.8, 4) is 23.8 Å². The molecule has 2 fully saturated rings. The molecule has 0 aromatic rings. The minimum Gasteiger partial charge on any atom is -1.00 e. The Kier molecular flexibility index (Phi) is 30.2. The van der Waals surface area contributed by atoms with Crippen molar-refractivity contribution < 1.29 is 143 Å². The Morgan fingerprint density at radius 3 is 1.68 bits per heavy atom. The molecule has 8 nitrogen and oxygen atoms in total. The van der Waals surface area contributed by atoms with E-state index in [-0.39, 0.29) is 123 Å². The Balaban J connectivity index is -0.000000134. The zero-order valence-electron chi connectivity index (χ0n) is 23.9. The van der Waals surface area contributed by atoms with Gasteiger partial charge in [-0.15, -0.1) is 23.8 Å². The van der Waals surface area contributed by atoms with Gasteiger partial charge in [-0.1, -0.05) is 19.6 Å². The molecule has 0 amide bonds. The van der Waals surface area contributed by atoms with Gasteiger partial charge in [0.15, 0.2) is 11.6 Å². The molecule has 2 aliphatic heterocycles. The zero-order valence-corrected chi connectivity index (χ0v) is 30.1. The van der Waals surface area contributed by atoms with Gasteiger partial charge < -0.3 is 35.6 Å². The Bertz CT molecular complexity index is 613. The maximum atomic E-state index is 8.64. The minimum atomic E-state index is -1.20. The van der Waals surface area contributed by atoms with E-state index in [1.54, 1.807) is 0 Å². The van der Waals surface area contributed by atoms with Crippen molar-refractivity contribution in [1.82, 2.24) is 0 Å². The molecule has 0 spiro atoms. The van der Waals surface area contributed by atoms with Crippen LogP contribution < -0.4 is 108 Å². The van der Waals surface area contributed by atoms with E-state index in [0.29, 0.717) is 13.2 Å². The van der Waals surface area contributed by atoms with Crippen LogP contribution in [0, 0.1) is 23.8 Å². The van der Waals surface area contributed by atoms with Crippen molar-refractivity contribution in [1.29, 1.82) is 0 Å². The molecule has 34 heavy (non-hydrogen) atoms. The SMILES string of the molecule is C#CCCC1COC(C)(C)O1.CC1(C)OCC(CCC#C[Si](C)(C)C)O1.CO.O=CO[O-].[H-].[K+].[K+]. The van der Waals surface area contributed by atoms with E-state index >= 15 is 0 Å². The summed E-state index contributed by atoms with van der Waals surface area (Å²) in [5.74, 6) is 5.05. The Labute approximate surface area is 294 Å². The van der Waals surface area contributed by atoms with Crippen LogP contribution in [0.25, 0.3) is 0 Å². The van der Waals surface area contributed by atoms with Crippen LogP contribution in [0.5, 0.6) is 0 Å². The molecule has 0 bridgehead atoms. The fourth-order valence-corrected chi connectivity index (χ4v) is 3.27. The van der Waals surface area contributed by atoms with Crippen molar-refractivity contribution in [2.45, 2.75) is 96.8 Å². The number of aliphatic hydroxyl groups excluding tert-OH is 1. The monoisotopic (exact) mass is 552 g/mol. The molecule has 2 saturated heterocycles. The molecule has 2 aliphatic rings. The van der Waals surface area contributed by atoms with Gasteiger partial charge in [-0.3, -0.25) is 4.79 Å². The van der Waals surface area contributed by atoms with Gasteiger partial charge in [0, 0.05) is 20.0 Å². The number of ether oxygens (including phenoxy) is 4. The summed E-state index contributed by atoms with van der Waals surface area (Å²) in [6.45, 7) is 15.7. The summed E-state index contributed by atoms with van der Waals surface area (Å²) >= 11 is 0. The molecule has 0 radical (unpaired) electrons. The van der Waals surface area contributed by atoms with Crippen LogP contribution in [0.15, 0.2) is 0 Å². The van der Waals surface area contributed by atoms with Crippen molar-refractivity contribution in [3.05, 3.63) is 0 Å². The second kappa shape index (κ2) is 23.9. The van der Waals surface area contributed by atoms with Gasteiger partial charge >= 0.3 is 103 Å².